The van der Waals surface area contributed by atoms with Crippen LogP contribution in [-0.4, -0.2) is 10.1 Å². The molecule has 3 rings (SSSR count). The van der Waals surface area contributed by atoms with Crippen LogP contribution in [0.15, 0.2) is 53.0 Å². The molecule has 0 saturated heterocycles. The normalized spacial score (nSPS) is 12.6. The second-order valence-electron chi connectivity index (χ2n) is 4.97. The number of nitrogens with zero attached hydrogens (tertiary/aromatic N) is 1. The van der Waals surface area contributed by atoms with Crippen molar-refractivity contribution in [3.05, 3.63) is 73.4 Å². The van der Waals surface area contributed by atoms with E-state index in [2.05, 4.69) is 43.5 Å². The van der Waals surface area contributed by atoms with E-state index in [4.69, 9.17) is 0 Å². The number of rotatable bonds is 2. The zero-order valence-electron chi connectivity index (χ0n) is 11.3. The highest BCUT2D eigenvalue weighted by atomic mass is 127. The molecule has 0 aliphatic rings. The summed E-state index contributed by atoms with van der Waals surface area (Å²) in [5.41, 5.74) is 3.74. The van der Waals surface area contributed by atoms with Crippen LogP contribution in [0.4, 0.5) is 0 Å². The molecule has 0 amide bonds. The summed E-state index contributed by atoms with van der Waals surface area (Å²) in [6.45, 7) is 1.98. The van der Waals surface area contributed by atoms with E-state index in [0.717, 1.165) is 35.8 Å². The van der Waals surface area contributed by atoms with Crippen LogP contribution in [0, 0.1) is 10.5 Å². The van der Waals surface area contributed by atoms with E-state index in [0.29, 0.717) is 0 Å². The molecule has 0 spiro atoms. The van der Waals surface area contributed by atoms with E-state index in [1.165, 1.54) is 0 Å². The van der Waals surface area contributed by atoms with Crippen LogP contribution >= 0.6 is 38.5 Å². The van der Waals surface area contributed by atoms with Gasteiger partial charge in [-0.1, -0.05) is 28.1 Å². The Morgan fingerprint density at radius 3 is 2.71 bits per heavy atom. The molecule has 1 atom stereocenters. The van der Waals surface area contributed by atoms with Gasteiger partial charge in [0.05, 0.1) is 5.52 Å². The minimum atomic E-state index is -0.639. The Kier molecular flexibility index (Phi) is 4.28. The monoisotopic (exact) mass is 453 g/mol. The lowest BCUT2D eigenvalue weighted by atomic mass is 10.00. The summed E-state index contributed by atoms with van der Waals surface area (Å²) in [5.74, 6) is 0. The molecule has 0 fully saturated rings. The van der Waals surface area contributed by atoms with Gasteiger partial charge in [-0.2, -0.15) is 0 Å². The van der Waals surface area contributed by atoms with Crippen LogP contribution < -0.4 is 0 Å². The number of aromatic nitrogens is 1. The Hall–Kier alpha value is -0.980. The van der Waals surface area contributed by atoms with Gasteiger partial charge >= 0.3 is 0 Å². The molecule has 0 radical (unpaired) electrons. The van der Waals surface area contributed by atoms with Crippen LogP contribution in [0.2, 0.25) is 0 Å². The van der Waals surface area contributed by atoms with Crippen molar-refractivity contribution in [3.8, 4) is 0 Å². The van der Waals surface area contributed by atoms with E-state index in [1.807, 2.05) is 55.5 Å². The number of aliphatic hydroxyl groups is 1. The lowest BCUT2D eigenvalue weighted by molar-refractivity contribution is 0.219. The number of hydrogen-bond acceptors (Lipinski definition) is 2. The molecule has 0 aliphatic carbocycles. The van der Waals surface area contributed by atoms with Crippen molar-refractivity contribution in [2.75, 3.05) is 0 Å². The maximum absolute atomic E-state index is 10.7. The number of fused-ring (bicyclic) bond motifs is 1. The van der Waals surface area contributed by atoms with Crippen molar-refractivity contribution in [2.24, 2.45) is 0 Å². The Labute approximate surface area is 145 Å². The highest BCUT2D eigenvalue weighted by Crippen LogP contribution is 2.30. The summed E-state index contributed by atoms with van der Waals surface area (Å²) in [7, 11) is 0. The third-order valence-corrected chi connectivity index (χ3v) is 4.90. The molecule has 21 heavy (non-hydrogen) atoms. The van der Waals surface area contributed by atoms with Gasteiger partial charge in [0.15, 0.2) is 0 Å². The fourth-order valence-corrected chi connectivity index (χ4v) is 3.33. The molecule has 4 heteroatoms. The summed E-state index contributed by atoms with van der Waals surface area (Å²) in [4.78, 5) is 4.49. The van der Waals surface area contributed by atoms with Crippen molar-refractivity contribution in [3.63, 3.8) is 0 Å². The average molecular weight is 454 g/mol. The van der Waals surface area contributed by atoms with Gasteiger partial charge in [0, 0.05) is 19.1 Å². The van der Waals surface area contributed by atoms with E-state index in [9.17, 15) is 5.11 Å². The molecule has 0 saturated carbocycles. The fourth-order valence-electron chi connectivity index (χ4n) is 2.32. The van der Waals surface area contributed by atoms with Gasteiger partial charge in [-0.15, -0.1) is 0 Å². The molecule has 1 aromatic heterocycles. The maximum atomic E-state index is 10.7. The Bertz CT molecular complexity index is 819. The Balaban J connectivity index is 2.07. The van der Waals surface area contributed by atoms with Crippen LogP contribution in [-0.2, 0) is 0 Å². The number of hydrogen-bond donors (Lipinski definition) is 1. The number of benzene rings is 2. The third-order valence-electron chi connectivity index (χ3n) is 3.42. The van der Waals surface area contributed by atoms with Gasteiger partial charge in [0.1, 0.15) is 6.10 Å². The number of aryl methyl sites for hydroxylation is 1. The zero-order chi connectivity index (χ0) is 15.0. The molecule has 1 N–H and O–H groups in total. The molecule has 106 valence electrons. The van der Waals surface area contributed by atoms with Gasteiger partial charge in [0.2, 0.25) is 0 Å². The second-order valence-corrected chi connectivity index (χ2v) is 7.05. The minimum Gasteiger partial charge on any atom is -0.384 e. The minimum absolute atomic E-state index is 0.639. The molecule has 0 bridgehead atoms. The highest BCUT2D eigenvalue weighted by molar-refractivity contribution is 14.1. The maximum Gasteiger partial charge on any atom is 0.105 e. The van der Waals surface area contributed by atoms with Gasteiger partial charge in [0.25, 0.3) is 0 Å². The Morgan fingerprint density at radius 2 is 1.90 bits per heavy atom. The van der Waals surface area contributed by atoms with Gasteiger partial charge in [-0.3, -0.25) is 4.98 Å². The topological polar surface area (TPSA) is 33.1 Å². The summed E-state index contributed by atoms with van der Waals surface area (Å²) in [6.07, 6.45) is -0.639. The molecule has 1 unspecified atom stereocenters. The first kappa shape index (κ1) is 14.9. The van der Waals surface area contributed by atoms with Gasteiger partial charge in [-0.25, -0.2) is 0 Å². The van der Waals surface area contributed by atoms with Crippen LogP contribution in [0.5, 0.6) is 0 Å². The molecule has 2 aromatic carbocycles. The molecule has 3 aromatic rings. The first-order chi connectivity index (χ1) is 10.0. The lowest BCUT2D eigenvalue weighted by Gasteiger charge is -2.14. The first-order valence-corrected chi connectivity index (χ1v) is 8.42. The molecular weight excluding hydrogens is 441 g/mol. The average Bonchev–Trinajstić information content (AvgIpc) is 2.48. The standard InChI is InChI=1S/C17H13BrINO/c1-10-2-3-11-8-12(4-7-16(11)20-10)17(21)14-9-13(18)5-6-15(14)19/h2-9,17,21H,1H3. The predicted molar refractivity (Wildman–Crippen MR) is 97.4 cm³/mol. The Morgan fingerprint density at radius 1 is 1.10 bits per heavy atom. The smallest absolute Gasteiger partial charge is 0.105 e. The second kappa shape index (κ2) is 6.02. The summed E-state index contributed by atoms with van der Waals surface area (Å²) >= 11 is 5.71. The number of halogens is 2. The summed E-state index contributed by atoms with van der Waals surface area (Å²) in [6, 6.07) is 15.9. The number of pyridine rings is 1. The lowest BCUT2D eigenvalue weighted by Crippen LogP contribution is -2.02. The zero-order valence-corrected chi connectivity index (χ0v) is 15.1. The van der Waals surface area contributed by atoms with E-state index in [-0.39, 0.29) is 0 Å². The van der Waals surface area contributed by atoms with Gasteiger partial charge in [-0.05, 0) is 77.0 Å². The van der Waals surface area contributed by atoms with Crippen molar-refractivity contribution >= 4 is 49.4 Å². The number of aliphatic hydroxyl groups excluding tert-OH is 1. The van der Waals surface area contributed by atoms with Crippen LogP contribution in [0.3, 0.4) is 0 Å². The van der Waals surface area contributed by atoms with Crippen molar-refractivity contribution < 1.29 is 5.11 Å². The van der Waals surface area contributed by atoms with Gasteiger partial charge < -0.3 is 5.11 Å². The summed E-state index contributed by atoms with van der Waals surface area (Å²) in [5, 5.41) is 11.7. The first-order valence-electron chi connectivity index (χ1n) is 6.55. The highest BCUT2D eigenvalue weighted by Gasteiger charge is 2.14. The largest absolute Gasteiger partial charge is 0.384 e. The van der Waals surface area contributed by atoms with E-state index >= 15 is 0 Å². The van der Waals surface area contributed by atoms with Crippen molar-refractivity contribution in [2.45, 2.75) is 13.0 Å². The van der Waals surface area contributed by atoms with Crippen molar-refractivity contribution in [1.29, 1.82) is 0 Å². The SMILES string of the molecule is Cc1ccc2cc(C(O)c3cc(Br)ccc3I)ccc2n1. The molecular formula is C17H13BrINO. The molecule has 1 heterocycles. The molecule has 0 aliphatic heterocycles. The van der Waals surface area contributed by atoms with Crippen molar-refractivity contribution in [1.82, 2.24) is 4.98 Å². The van der Waals surface area contributed by atoms with Crippen LogP contribution in [0.25, 0.3) is 10.9 Å². The quantitative estimate of drug-likeness (QED) is 0.554. The van der Waals surface area contributed by atoms with E-state index in [1.54, 1.807) is 0 Å². The van der Waals surface area contributed by atoms with E-state index < -0.39 is 6.10 Å². The fraction of sp³-hybridized carbons (Fsp3) is 0.118. The van der Waals surface area contributed by atoms with Crippen LogP contribution in [0.1, 0.15) is 22.9 Å². The molecule has 2 nitrogen and oxygen atoms in total. The third kappa shape index (κ3) is 3.12. The summed E-state index contributed by atoms with van der Waals surface area (Å²) < 4.78 is 2.01. The predicted octanol–water partition coefficient (Wildman–Crippen LogP) is 4.99.